The molecule has 2 N–H and O–H groups in total. The van der Waals surface area contributed by atoms with Crippen LogP contribution in [0.4, 0.5) is 10.5 Å². The highest BCUT2D eigenvalue weighted by Crippen LogP contribution is 2.39. The molecule has 2 bridgehead atoms. The molecule has 0 radical (unpaired) electrons. The van der Waals surface area contributed by atoms with Gasteiger partial charge in [0, 0.05) is 29.9 Å². The molecule has 3 aliphatic rings. The van der Waals surface area contributed by atoms with Gasteiger partial charge in [-0.05, 0) is 63.1 Å². The van der Waals surface area contributed by atoms with Gasteiger partial charge in [-0.1, -0.05) is 31.4 Å². The number of piperidine rings is 2. The molecular formula is C21H31N3O. The lowest BCUT2D eigenvalue weighted by Crippen LogP contribution is -2.59. The minimum atomic E-state index is -0.0528. The van der Waals surface area contributed by atoms with Crippen LogP contribution in [-0.4, -0.2) is 35.1 Å². The smallest absolute Gasteiger partial charge is 0.319 e. The first-order valence-corrected chi connectivity index (χ1v) is 10.1. The highest BCUT2D eigenvalue weighted by atomic mass is 16.2. The largest absolute Gasteiger partial charge is 0.335 e. The second-order valence-electron chi connectivity index (χ2n) is 8.26. The SMILES string of the molecule is Cc1cccc(NC(=O)NC2CC3CCCC(C2)N3C2CCCC2)c1. The molecule has 4 rings (SSSR count). The fourth-order valence-electron chi connectivity index (χ4n) is 5.41. The summed E-state index contributed by atoms with van der Waals surface area (Å²) in [6.45, 7) is 2.04. The summed E-state index contributed by atoms with van der Waals surface area (Å²) in [5.74, 6) is 0. The van der Waals surface area contributed by atoms with Gasteiger partial charge in [-0.3, -0.25) is 4.90 Å². The van der Waals surface area contributed by atoms with Gasteiger partial charge in [0.05, 0.1) is 0 Å². The van der Waals surface area contributed by atoms with Crippen LogP contribution in [0.3, 0.4) is 0 Å². The Morgan fingerprint density at radius 3 is 2.36 bits per heavy atom. The zero-order valence-corrected chi connectivity index (χ0v) is 15.3. The van der Waals surface area contributed by atoms with E-state index in [9.17, 15) is 4.79 Å². The van der Waals surface area contributed by atoms with Crippen LogP contribution in [0.2, 0.25) is 0 Å². The van der Waals surface area contributed by atoms with Crippen molar-refractivity contribution in [3.63, 3.8) is 0 Å². The summed E-state index contributed by atoms with van der Waals surface area (Å²) in [4.78, 5) is 15.3. The molecule has 1 aromatic rings. The van der Waals surface area contributed by atoms with Gasteiger partial charge in [-0.25, -0.2) is 4.79 Å². The summed E-state index contributed by atoms with van der Waals surface area (Å²) in [6.07, 6.45) is 11.8. The molecule has 2 aliphatic heterocycles. The second kappa shape index (κ2) is 7.36. The number of carbonyl (C=O) groups excluding carboxylic acids is 1. The third kappa shape index (κ3) is 3.84. The molecule has 4 nitrogen and oxygen atoms in total. The van der Waals surface area contributed by atoms with Crippen LogP contribution in [0.1, 0.15) is 63.4 Å². The van der Waals surface area contributed by atoms with Crippen molar-refractivity contribution in [2.24, 2.45) is 0 Å². The first-order valence-electron chi connectivity index (χ1n) is 10.1. The Morgan fingerprint density at radius 1 is 1.00 bits per heavy atom. The molecule has 1 aliphatic carbocycles. The van der Waals surface area contributed by atoms with Gasteiger partial charge in [0.2, 0.25) is 0 Å². The number of hydrogen-bond donors (Lipinski definition) is 2. The van der Waals surface area contributed by atoms with Gasteiger partial charge in [0.1, 0.15) is 0 Å². The highest BCUT2D eigenvalue weighted by molar-refractivity contribution is 5.89. The third-order valence-corrected chi connectivity index (χ3v) is 6.39. The number of nitrogens with one attached hydrogen (secondary N) is 2. The molecule has 25 heavy (non-hydrogen) atoms. The average Bonchev–Trinajstić information content (AvgIpc) is 3.08. The van der Waals surface area contributed by atoms with Gasteiger partial charge in [-0.15, -0.1) is 0 Å². The molecule has 2 saturated heterocycles. The Balaban J connectivity index is 1.35. The summed E-state index contributed by atoms with van der Waals surface area (Å²) in [7, 11) is 0. The van der Waals surface area contributed by atoms with E-state index in [2.05, 4.69) is 15.5 Å². The molecule has 0 aromatic heterocycles. The number of aryl methyl sites for hydroxylation is 1. The highest BCUT2D eigenvalue weighted by Gasteiger charge is 2.42. The Bertz CT molecular complexity index is 597. The molecule has 0 spiro atoms. The predicted molar refractivity (Wildman–Crippen MR) is 102 cm³/mol. The number of fused-ring (bicyclic) bond motifs is 2. The van der Waals surface area contributed by atoms with Crippen molar-refractivity contribution in [2.75, 3.05) is 5.32 Å². The van der Waals surface area contributed by atoms with Crippen molar-refractivity contribution in [1.29, 1.82) is 0 Å². The van der Waals surface area contributed by atoms with Crippen molar-refractivity contribution in [3.8, 4) is 0 Å². The number of urea groups is 1. The zero-order chi connectivity index (χ0) is 17.2. The number of nitrogens with zero attached hydrogens (tertiary/aromatic N) is 1. The summed E-state index contributed by atoms with van der Waals surface area (Å²) in [6, 6.07) is 10.4. The standard InChI is InChI=1S/C21H31N3O/c1-15-6-4-7-16(12-15)22-21(25)23-17-13-19-10-5-11-20(14-17)24(19)18-8-2-3-9-18/h4,6-7,12,17-20H,2-3,5,8-11,13-14H2,1H3,(H2,22,23,25). The lowest BCUT2D eigenvalue weighted by molar-refractivity contribution is -0.00680. The molecular weight excluding hydrogens is 310 g/mol. The third-order valence-electron chi connectivity index (χ3n) is 6.39. The molecule has 2 unspecified atom stereocenters. The Labute approximate surface area is 151 Å². The number of rotatable bonds is 3. The summed E-state index contributed by atoms with van der Waals surface area (Å²) in [5.41, 5.74) is 2.04. The lowest BCUT2D eigenvalue weighted by Gasteiger charge is -2.51. The van der Waals surface area contributed by atoms with Crippen LogP contribution in [-0.2, 0) is 0 Å². The molecule has 3 fully saturated rings. The van der Waals surface area contributed by atoms with E-state index in [0.29, 0.717) is 18.1 Å². The minimum Gasteiger partial charge on any atom is -0.335 e. The van der Waals surface area contributed by atoms with Gasteiger partial charge >= 0.3 is 6.03 Å². The number of hydrogen-bond acceptors (Lipinski definition) is 2. The monoisotopic (exact) mass is 341 g/mol. The van der Waals surface area contributed by atoms with E-state index in [0.717, 1.165) is 30.1 Å². The van der Waals surface area contributed by atoms with Gasteiger partial charge in [-0.2, -0.15) is 0 Å². The van der Waals surface area contributed by atoms with E-state index in [-0.39, 0.29) is 6.03 Å². The van der Waals surface area contributed by atoms with Crippen LogP contribution >= 0.6 is 0 Å². The molecule has 2 atom stereocenters. The normalized spacial score (nSPS) is 30.2. The van der Waals surface area contributed by atoms with Gasteiger partial charge < -0.3 is 10.6 Å². The van der Waals surface area contributed by atoms with Crippen LogP contribution in [0.5, 0.6) is 0 Å². The minimum absolute atomic E-state index is 0.0528. The van der Waals surface area contributed by atoms with E-state index in [1.54, 1.807) is 0 Å². The molecule has 136 valence electrons. The van der Waals surface area contributed by atoms with E-state index >= 15 is 0 Å². The maximum absolute atomic E-state index is 12.4. The number of anilines is 1. The molecule has 1 aromatic carbocycles. The summed E-state index contributed by atoms with van der Waals surface area (Å²) < 4.78 is 0. The average molecular weight is 341 g/mol. The topological polar surface area (TPSA) is 44.4 Å². The fourth-order valence-corrected chi connectivity index (χ4v) is 5.41. The van der Waals surface area contributed by atoms with Crippen LogP contribution < -0.4 is 10.6 Å². The van der Waals surface area contributed by atoms with E-state index < -0.39 is 0 Å². The second-order valence-corrected chi connectivity index (χ2v) is 8.26. The summed E-state index contributed by atoms with van der Waals surface area (Å²) >= 11 is 0. The maximum atomic E-state index is 12.4. The fraction of sp³-hybridized carbons (Fsp3) is 0.667. The zero-order valence-electron chi connectivity index (χ0n) is 15.3. The Kier molecular flexibility index (Phi) is 4.98. The number of amides is 2. The molecule has 2 amide bonds. The Morgan fingerprint density at radius 2 is 1.68 bits per heavy atom. The van der Waals surface area contributed by atoms with Crippen molar-refractivity contribution in [1.82, 2.24) is 10.2 Å². The lowest BCUT2D eigenvalue weighted by atomic mass is 9.80. The van der Waals surface area contributed by atoms with Crippen LogP contribution in [0.25, 0.3) is 0 Å². The van der Waals surface area contributed by atoms with Crippen molar-refractivity contribution in [3.05, 3.63) is 29.8 Å². The van der Waals surface area contributed by atoms with Gasteiger partial charge in [0.15, 0.2) is 0 Å². The first kappa shape index (κ1) is 16.9. The van der Waals surface area contributed by atoms with Crippen LogP contribution in [0, 0.1) is 6.92 Å². The molecule has 2 heterocycles. The maximum Gasteiger partial charge on any atom is 0.319 e. The summed E-state index contributed by atoms with van der Waals surface area (Å²) in [5, 5.41) is 6.25. The number of benzene rings is 1. The van der Waals surface area contributed by atoms with Crippen LogP contribution in [0.15, 0.2) is 24.3 Å². The molecule has 1 saturated carbocycles. The Hall–Kier alpha value is -1.55. The number of carbonyl (C=O) groups is 1. The van der Waals surface area contributed by atoms with Crippen molar-refractivity contribution < 1.29 is 4.79 Å². The van der Waals surface area contributed by atoms with Crippen molar-refractivity contribution >= 4 is 11.7 Å². The predicted octanol–water partition coefficient (Wildman–Crippen LogP) is 4.44. The van der Waals surface area contributed by atoms with E-state index in [1.165, 1.54) is 44.9 Å². The molecule has 4 heteroatoms. The van der Waals surface area contributed by atoms with E-state index in [1.807, 2.05) is 31.2 Å². The van der Waals surface area contributed by atoms with Gasteiger partial charge in [0.25, 0.3) is 0 Å². The van der Waals surface area contributed by atoms with E-state index in [4.69, 9.17) is 0 Å². The van der Waals surface area contributed by atoms with Crippen molar-refractivity contribution in [2.45, 2.75) is 88.9 Å². The quantitative estimate of drug-likeness (QED) is 0.853. The first-order chi connectivity index (χ1) is 12.2.